The molecule has 0 amide bonds. The molecule has 0 bridgehead atoms. The third-order valence-corrected chi connectivity index (χ3v) is 6.29. The summed E-state index contributed by atoms with van der Waals surface area (Å²) in [6, 6.07) is 3.52. The van der Waals surface area contributed by atoms with Crippen LogP contribution < -0.4 is 10.2 Å². The van der Waals surface area contributed by atoms with Crippen molar-refractivity contribution in [3.63, 3.8) is 0 Å². The van der Waals surface area contributed by atoms with Gasteiger partial charge in [-0.15, -0.1) is 0 Å². The van der Waals surface area contributed by atoms with Gasteiger partial charge in [-0.2, -0.15) is 5.10 Å². The van der Waals surface area contributed by atoms with Gasteiger partial charge in [0.25, 0.3) is 0 Å². The number of nitrogens with one attached hydrogen (secondary N) is 2. The Balaban J connectivity index is 1.35. The number of anilines is 1. The Morgan fingerprint density at radius 2 is 2.03 bits per heavy atom. The summed E-state index contributed by atoms with van der Waals surface area (Å²) in [5, 5.41) is 21.8. The molecule has 0 atom stereocenters. The Labute approximate surface area is 169 Å². The van der Waals surface area contributed by atoms with Gasteiger partial charge >= 0.3 is 0 Å². The number of aromatic hydroxyl groups is 1. The number of piperidine rings is 1. The molecule has 4 heterocycles. The van der Waals surface area contributed by atoms with Crippen LogP contribution in [0.25, 0.3) is 10.9 Å². The molecule has 150 valence electrons. The van der Waals surface area contributed by atoms with Gasteiger partial charge in [0.15, 0.2) is 0 Å². The highest BCUT2D eigenvalue weighted by Gasteiger charge is 2.45. The third-order valence-electron chi connectivity index (χ3n) is 6.29. The quantitative estimate of drug-likeness (QED) is 0.636. The number of fused-ring (bicyclic) bond motifs is 1. The first-order valence-electron chi connectivity index (χ1n) is 9.78. The summed E-state index contributed by atoms with van der Waals surface area (Å²) >= 11 is 0. The average molecular weight is 391 g/mol. The monoisotopic (exact) mass is 391 g/mol. The van der Waals surface area contributed by atoms with Crippen molar-refractivity contribution in [3.8, 4) is 5.75 Å². The van der Waals surface area contributed by atoms with Crippen LogP contribution in [-0.4, -0.2) is 48.4 Å². The molecular weight excluding hydrogens is 366 g/mol. The first kappa shape index (κ1) is 17.7. The zero-order valence-electron chi connectivity index (χ0n) is 16.5. The summed E-state index contributed by atoms with van der Waals surface area (Å²) in [5.41, 5.74) is 2.72. The number of aryl methyl sites for hydroxylation is 1. The molecule has 0 unspecified atom stereocenters. The number of hydrogen-bond donors (Lipinski definition) is 3. The molecule has 5 rings (SSSR count). The number of aromatic amines is 1. The summed E-state index contributed by atoms with van der Waals surface area (Å²) in [5.74, 6) is 2.10. The Bertz CT molecular complexity index is 1100. The lowest BCUT2D eigenvalue weighted by Gasteiger charge is -2.41. The minimum absolute atomic E-state index is 0.189. The molecule has 1 aromatic carbocycles. The summed E-state index contributed by atoms with van der Waals surface area (Å²) in [7, 11) is 2.00. The number of imidazole rings is 1. The predicted molar refractivity (Wildman–Crippen MR) is 112 cm³/mol. The number of rotatable bonds is 3. The molecule has 2 fully saturated rings. The van der Waals surface area contributed by atoms with E-state index in [-0.39, 0.29) is 11.3 Å². The van der Waals surface area contributed by atoms with Crippen LogP contribution in [-0.2, 0) is 13.6 Å². The molecule has 2 aromatic heterocycles. The lowest BCUT2D eigenvalue weighted by Crippen LogP contribution is -2.50. The van der Waals surface area contributed by atoms with E-state index in [1.54, 1.807) is 6.07 Å². The van der Waals surface area contributed by atoms with Gasteiger partial charge in [0.05, 0.1) is 35.3 Å². The maximum absolute atomic E-state index is 10.1. The molecule has 1 spiro atoms. The molecule has 2 aliphatic heterocycles. The maximum atomic E-state index is 10.1. The van der Waals surface area contributed by atoms with E-state index in [9.17, 15) is 5.11 Å². The largest absolute Gasteiger partial charge is 0.508 e. The molecule has 2 saturated heterocycles. The number of phenolic OH excluding ortho intramolecular Hbond substituents is 1. The molecule has 3 aromatic rings. The third kappa shape index (κ3) is 2.74. The molecule has 0 radical (unpaired) electrons. The van der Waals surface area contributed by atoms with Gasteiger partial charge in [0, 0.05) is 55.7 Å². The number of H-pyrrole nitrogens is 1. The fraction of sp³-hybridized carbons (Fsp3) is 0.333. The van der Waals surface area contributed by atoms with E-state index < -0.39 is 0 Å². The Morgan fingerprint density at radius 3 is 2.76 bits per heavy atom. The average Bonchev–Trinajstić information content (AvgIpc) is 3.38. The van der Waals surface area contributed by atoms with Crippen molar-refractivity contribution >= 4 is 16.6 Å². The van der Waals surface area contributed by atoms with Crippen molar-refractivity contribution in [1.82, 2.24) is 30.0 Å². The molecular formula is C21H25N7O. The highest BCUT2D eigenvalue weighted by Crippen LogP contribution is 2.41. The van der Waals surface area contributed by atoms with Gasteiger partial charge in [-0.1, -0.05) is 13.2 Å². The predicted octanol–water partition coefficient (Wildman–Crippen LogP) is 2.43. The Hall–Kier alpha value is -3.42. The van der Waals surface area contributed by atoms with Crippen molar-refractivity contribution < 1.29 is 5.11 Å². The number of hydrogen-bond acceptors (Lipinski definition) is 6. The fourth-order valence-electron chi connectivity index (χ4n) is 4.54. The zero-order valence-corrected chi connectivity index (χ0v) is 16.5. The maximum Gasteiger partial charge on any atom is 0.128 e. The lowest BCUT2D eigenvalue weighted by molar-refractivity contribution is 0.337. The van der Waals surface area contributed by atoms with E-state index in [4.69, 9.17) is 0 Å². The first-order chi connectivity index (χ1) is 14.0. The molecule has 2 aliphatic rings. The smallest absolute Gasteiger partial charge is 0.128 e. The van der Waals surface area contributed by atoms with Crippen LogP contribution in [0.1, 0.15) is 18.7 Å². The number of benzene rings is 1. The molecule has 0 saturated carbocycles. The first-order valence-corrected chi connectivity index (χ1v) is 9.78. The molecule has 8 nitrogen and oxygen atoms in total. The number of phenols is 1. The minimum atomic E-state index is -0.189. The van der Waals surface area contributed by atoms with E-state index >= 15 is 0 Å². The lowest BCUT2D eigenvalue weighted by atomic mass is 9.85. The van der Waals surface area contributed by atoms with Crippen LogP contribution >= 0.6 is 0 Å². The minimum Gasteiger partial charge on any atom is -0.508 e. The van der Waals surface area contributed by atoms with Gasteiger partial charge in [-0.25, -0.2) is 4.98 Å². The van der Waals surface area contributed by atoms with Gasteiger partial charge in [-0.05, 0) is 12.8 Å². The van der Waals surface area contributed by atoms with E-state index in [1.165, 1.54) is 0 Å². The van der Waals surface area contributed by atoms with Crippen LogP contribution in [0.4, 0.5) is 5.69 Å². The van der Waals surface area contributed by atoms with Gasteiger partial charge < -0.3 is 24.8 Å². The standard InChI is InChI=1S/C21H25N7O/c1-14-21(24-15(2)28(14)13-20-22-6-9-26(20)3)4-7-27(8-5-21)19-11-16(29)10-18-17(19)12-23-25-18/h6,9-12,24,29H,1-2,4-5,7-8,13H2,3H3,(H,23,25). The number of aromatic nitrogens is 4. The topological polar surface area (TPSA) is 85.2 Å². The summed E-state index contributed by atoms with van der Waals surface area (Å²) < 4.78 is 2.02. The highest BCUT2D eigenvalue weighted by atomic mass is 16.3. The van der Waals surface area contributed by atoms with Crippen LogP contribution in [0.2, 0.25) is 0 Å². The Morgan fingerprint density at radius 1 is 1.24 bits per heavy atom. The fourth-order valence-corrected chi connectivity index (χ4v) is 4.54. The SMILES string of the molecule is C=C1NC2(CCN(c3cc(O)cc4[nH]ncc34)CC2)C(=C)N1Cc1nccn1C. The van der Waals surface area contributed by atoms with Crippen molar-refractivity contribution in [2.45, 2.75) is 24.9 Å². The van der Waals surface area contributed by atoms with Crippen LogP contribution in [0.5, 0.6) is 5.75 Å². The van der Waals surface area contributed by atoms with Crippen molar-refractivity contribution in [1.29, 1.82) is 0 Å². The summed E-state index contributed by atoms with van der Waals surface area (Å²) in [6.07, 6.45) is 7.38. The molecule has 3 N–H and O–H groups in total. The molecule has 8 heteroatoms. The number of nitrogens with zero attached hydrogens (tertiary/aromatic N) is 5. The highest BCUT2D eigenvalue weighted by molar-refractivity contribution is 5.93. The van der Waals surface area contributed by atoms with E-state index in [0.717, 1.165) is 59.9 Å². The van der Waals surface area contributed by atoms with Gasteiger partial charge in [0.1, 0.15) is 11.6 Å². The second kappa shape index (κ2) is 6.30. The molecule has 0 aliphatic carbocycles. The second-order valence-corrected chi connectivity index (χ2v) is 7.92. The van der Waals surface area contributed by atoms with Crippen molar-refractivity contribution in [2.24, 2.45) is 7.05 Å². The van der Waals surface area contributed by atoms with Crippen molar-refractivity contribution in [3.05, 3.63) is 61.2 Å². The normalized spacial score (nSPS) is 18.8. The summed E-state index contributed by atoms with van der Waals surface area (Å²) in [4.78, 5) is 8.88. The van der Waals surface area contributed by atoms with Gasteiger partial charge in [0.2, 0.25) is 0 Å². The van der Waals surface area contributed by atoms with E-state index in [0.29, 0.717) is 6.54 Å². The van der Waals surface area contributed by atoms with E-state index in [1.807, 2.05) is 36.3 Å². The summed E-state index contributed by atoms with van der Waals surface area (Å²) in [6.45, 7) is 11.0. The zero-order chi connectivity index (χ0) is 20.2. The van der Waals surface area contributed by atoms with Crippen LogP contribution in [0.3, 0.4) is 0 Å². The molecule has 29 heavy (non-hydrogen) atoms. The van der Waals surface area contributed by atoms with E-state index in [2.05, 4.69) is 43.5 Å². The Kier molecular flexibility index (Phi) is 3.84. The van der Waals surface area contributed by atoms with Crippen LogP contribution in [0.15, 0.2) is 55.4 Å². The van der Waals surface area contributed by atoms with Crippen molar-refractivity contribution in [2.75, 3.05) is 18.0 Å². The van der Waals surface area contributed by atoms with Crippen LogP contribution in [0, 0.1) is 0 Å². The van der Waals surface area contributed by atoms with Gasteiger partial charge in [-0.3, -0.25) is 5.10 Å². The second-order valence-electron chi connectivity index (χ2n) is 7.92.